The molecule has 1 aromatic heterocycles. The Morgan fingerprint density at radius 2 is 2.08 bits per heavy atom. The Hall–Kier alpha value is -2.70. The fourth-order valence-electron chi connectivity index (χ4n) is 3.28. The first-order chi connectivity index (χ1) is 12.6. The summed E-state index contributed by atoms with van der Waals surface area (Å²) in [5, 5.41) is 7.87. The number of nitrogens with one attached hydrogen (secondary N) is 2. The predicted octanol–water partition coefficient (Wildman–Crippen LogP) is 2.34. The topological polar surface area (TPSA) is 95.9 Å². The van der Waals surface area contributed by atoms with Gasteiger partial charge in [-0.2, -0.15) is 0 Å². The number of primary amides is 1. The van der Waals surface area contributed by atoms with Gasteiger partial charge in [0.2, 0.25) is 0 Å². The minimum Gasteiger partial charge on any atom is -0.459 e. The monoisotopic (exact) mass is 357 g/mol. The van der Waals surface area contributed by atoms with Crippen molar-refractivity contribution in [3.8, 4) is 0 Å². The molecule has 1 fully saturated rings. The Morgan fingerprint density at radius 1 is 1.35 bits per heavy atom. The van der Waals surface area contributed by atoms with Crippen LogP contribution in [0.2, 0.25) is 0 Å². The smallest absolute Gasteiger partial charge is 0.314 e. The molecule has 1 aliphatic heterocycles. The van der Waals surface area contributed by atoms with Gasteiger partial charge >= 0.3 is 6.03 Å². The molecule has 0 bridgehead atoms. The zero-order valence-corrected chi connectivity index (χ0v) is 15.4. The van der Waals surface area contributed by atoms with Crippen molar-refractivity contribution in [2.45, 2.75) is 39.3 Å². The average molecular weight is 357 g/mol. The first kappa shape index (κ1) is 18.1. The number of hydrogen-bond acceptors (Lipinski definition) is 3. The standard InChI is InChI=1S/C19H27N5O2/c1-3-21-19(23-14-8-10-24(11-9-14)18(20)25)22-12-17-13(2)15-6-4-5-7-16(15)26-17/h4-7,14H,3,8-12H2,1-2H3,(H2,20,25)(H2,21,22,23). The Morgan fingerprint density at radius 3 is 2.73 bits per heavy atom. The number of guanidine groups is 1. The molecule has 0 atom stereocenters. The first-order valence-electron chi connectivity index (χ1n) is 9.14. The van der Waals surface area contributed by atoms with Crippen LogP contribution in [0.5, 0.6) is 0 Å². The van der Waals surface area contributed by atoms with Gasteiger partial charge in [-0.3, -0.25) is 0 Å². The summed E-state index contributed by atoms with van der Waals surface area (Å²) in [6, 6.07) is 7.97. The van der Waals surface area contributed by atoms with Crippen molar-refractivity contribution in [1.29, 1.82) is 0 Å². The number of nitrogens with two attached hydrogens (primary N) is 1. The van der Waals surface area contributed by atoms with E-state index in [2.05, 4.69) is 28.6 Å². The highest BCUT2D eigenvalue weighted by Gasteiger charge is 2.21. The van der Waals surface area contributed by atoms with Crippen LogP contribution in [-0.4, -0.2) is 42.6 Å². The Bertz CT molecular complexity index is 790. The Balaban J connectivity index is 1.65. The number of furan rings is 1. The van der Waals surface area contributed by atoms with Gasteiger partial charge in [-0.25, -0.2) is 9.79 Å². The molecule has 1 aliphatic rings. The second-order valence-electron chi connectivity index (χ2n) is 6.59. The second-order valence-corrected chi connectivity index (χ2v) is 6.59. The lowest BCUT2D eigenvalue weighted by Gasteiger charge is -2.32. The summed E-state index contributed by atoms with van der Waals surface area (Å²) in [5.74, 6) is 1.65. The van der Waals surface area contributed by atoms with Gasteiger partial charge in [0.1, 0.15) is 17.9 Å². The van der Waals surface area contributed by atoms with Crippen molar-refractivity contribution in [2.24, 2.45) is 10.7 Å². The number of piperidine rings is 1. The number of carbonyl (C=O) groups excluding carboxylic acids is 1. The summed E-state index contributed by atoms with van der Waals surface area (Å²) in [7, 11) is 0. The normalized spacial score (nSPS) is 16.1. The number of hydrogen-bond donors (Lipinski definition) is 3. The number of carbonyl (C=O) groups is 1. The van der Waals surface area contributed by atoms with Crippen molar-refractivity contribution in [3.05, 3.63) is 35.6 Å². The summed E-state index contributed by atoms with van der Waals surface area (Å²) in [4.78, 5) is 17.6. The molecule has 140 valence electrons. The summed E-state index contributed by atoms with van der Waals surface area (Å²) in [6.07, 6.45) is 1.72. The first-order valence-corrected chi connectivity index (χ1v) is 9.14. The summed E-state index contributed by atoms with van der Waals surface area (Å²) < 4.78 is 5.94. The number of urea groups is 1. The summed E-state index contributed by atoms with van der Waals surface area (Å²) in [5.41, 5.74) is 7.37. The van der Waals surface area contributed by atoms with Crippen LogP contribution in [0.25, 0.3) is 11.0 Å². The average Bonchev–Trinajstić information content (AvgIpc) is 2.96. The van der Waals surface area contributed by atoms with Crippen molar-refractivity contribution in [1.82, 2.24) is 15.5 Å². The minimum absolute atomic E-state index is 0.278. The van der Waals surface area contributed by atoms with Gasteiger partial charge in [0.05, 0.1) is 0 Å². The maximum Gasteiger partial charge on any atom is 0.314 e. The van der Waals surface area contributed by atoms with Gasteiger partial charge < -0.3 is 25.7 Å². The molecule has 2 heterocycles. The van der Waals surface area contributed by atoms with Crippen LogP contribution in [0.15, 0.2) is 33.7 Å². The molecular weight excluding hydrogens is 330 g/mol. The van der Waals surface area contributed by atoms with Crippen LogP contribution in [0.1, 0.15) is 31.1 Å². The molecule has 0 saturated carbocycles. The summed E-state index contributed by atoms with van der Waals surface area (Å²) >= 11 is 0. The molecule has 26 heavy (non-hydrogen) atoms. The molecule has 0 spiro atoms. The molecule has 7 nitrogen and oxygen atoms in total. The van der Waals surface area contributed by atoms with E-state index in [1.54, 1.807) is 4.90 Å². The highest BCUT2D eigenvalue weighted by molar-refractivity contribution is 5.82. The zero-order chi connectivity index (χ0) is 18.5. The van der Waals surface area contributed by atoms with E-state index < -0.39 is 0 Å². The van der Waals surface area contributed by atoms with Gasteiger partial charge in [0, 0.05) is 36.6 Å². The number of fused-ring (bicyclic) bond motifs is 1. The van der Waals surface area contributed by atoms with E-state index in [0.29, 0.717) is 19.6 Å². The van der Waals surface area contributed by atoms with E-state index in [-0.39, 0.29) is 12.1 Å². The molecule has 1 aromatic carbocycles. The predicted molar refractivity (Wildman–Crippen MR) is 103 cm³/mol. The fraction of sp³-hybridized carbons (Fsp3) is 0.474. The zero-order valence-electron chi connectivity index (χ0n) is 15.4. The van der Waals surface area contributed by atoms with Gasteiger partial charge in [-0.05, 0) is 32.8 Å². The van der Waals surface area contributed by atoms with Crippen LogP contribution in [-0.2, 0) is 6.54 Å². The molecule has 2 amide bonds. The van der Waals surface area contributed by atoms with E-state index in [9.17, 15) is 4.79 Å². The molecular formula is C19H27N5O2. The largest absolute Gasteiger partial charge is 0.459 e. The minimum atomic E-state index is -0.343. The van der Waals surface area contributed by atoms with Crippen molar-refractivity contribution < 1.29 is 9.21 Å². The number of benzene rings is 1. The third-order valence-electron chi connectivity index (χ3n) is 4.81. The molecule has 1 saturated heterocycles. The third kappa shape index (κ3) is 4.09. The van der Waals surface area contributed by atoms with Crippen LogP contribution in [0, 0.1) is 6.92 Å². The second kappa shape index (κ2) is 8.12. The van der Waals surface area contributed by atoms with Gasteiger partial charge in [-0.15, -0.1) is 0 Å². The van der Waals surface area contributed by atoms with Crippen molar-refractivity contribution in [2.75, 3.05) is 19.6 Å². The van der Waals surface area contributed by atoms with Crippen LogP contribution >= 0.6 is 0 Å². The highest BCUT2D eigenvalue weighted by atomic mass is 16.3. The number of para-hydroxylation sites is 1. The fourth-order valence-corrected chi connectivity index (χ4v) is 3.28. The molecule has 7 heteroatoms. The molecule has 0 unspecified atom stereocenters. The van der Waals surface area contributed by atoms with Crippen molar-refractivity contribution >= 4 is 23.0 Å². The van der Waals surface area contributed by atoms with E-state index in [1.807, 2.05) is 25.1 Å². The van der Waals surface area contributed by atoms with E-state index in [4.69, 9.17) is 10.2 Å². The van der Waals surface area contributed by atoms with Crippen LogP contribution < -0.4 is 16.4 Å². The maximum absolute atomic E-state index is 11.2. The number of aliphatic imine (C=N–C) groups is 1. The Kier molecular flexibility index (Phi) is 5.65. The molecule has 0 aliphatic carbocycles. The maximum atomic E-state index is 11.2. The number of amides is 2. The van der Waals surface area contributed by atoms with Crippen molar-refractivity contribution in [3.63, 3.8) is 0 Å². The van der Waals surface area contributed by atoms with Crippen LogP contribution in [0.4, 0.5) is 4.79 Å². The Labute approximate surface area is 153 Å². The third-order valence-corrected chi connectivity index (χ3v) is 4.81. The lowest BCUT2D eigenvalue weighted by Crippen LogP contribution is -2.50. The number of nitrogens with zero attached hydrogens (tertiary/aromatic N) is 2. The lowest BCUT2D eigenvalue weighted by atomic mass is 10.1. The molecule has 0 radical (unpaired) electrons. The number of rotatable bonds is 4. The molecule has 3 rings (SSSR count). The van der Waals surface area contributed by atoms with Gasteiger partial charge in [0.25, 0.3) is 0 Å². The van der Waals surface area contributed by atoms with Crippen LogP contribution in [0.3, 0.4) is 0 Å². The molecule has 2 aromatic rings. The number of likely N-dealkylation sites (tertiary alicyclic amines) is 1. The van der Waals surface area contributed by atoms with Gasteiger partial charge in [-0.1, -0.05) is 18.2 Å². The van der Waals surface area contributed by atoms with E-state index in [0.717, 1.165) is 47.6 Å². The quantitative estimate of drug-likeness (QED) is 0.578. The lowest BCUT2D eigenvalue weighted by molar-refractivity contribution is 0.188. The van der Waals surface area contributed by atoms with E-state index in [1.165, 1.54) is 0 Å². The van der Waals surface area contributed by atoms with Gasteiger partial charge in [0.15, 0.2) is 5.96 Å². The highest BCUT2D eigenvalue weighted by Crippen LogP contribution is 2.25. The summed E-state index contributed by atoms with van der Waals surface area (Å²) in [6.45, 7) is 6.72. The SMILES string of the molecule is CCNC(=NCc1oc2ccccc2c1C)NC1CCN(C(N)=O)CC1. The van der Waals surface area contributed by atoms with E-state index >= 15 is 0 Å². The molecule has 4 N–H and O–H groups in total. The number of aryl methyl sites for hydroxylation is 1.